The maximum atomic E-state index is 13.1. The normalized spacial score (nSPS) is 13.9. The fourth-order valence-electron chi connectivity index (χ4n) is 4.80. The third kappa shape index (κ3) is 6.25. The summed E-state index contributed by atoms with van der Waals surface area (Å²) in [5.41, 5.74) is 1.55. The number of halogens is 4. The van der Waals surface area contributed by atoms with Crippen LogP contribution in [0.2, 0.25) is 5.02 Å². The van der Waals surface area contributed by atoms with E-state index in [9.17, 15) is 18.0 Å². The Morgan fingerprint density at radius 1 is 0.907 bits per heavy atom. The number of aromatic nitrogens is 4. The van der Waals surface area contributed by atoms with Gasteiger partial charge in [-0.15, -0.1) is 10.2 Å². The summed E-state index contributed by atoms with van der Waals surface area (Å²) in [5.74, 6) is 0.936. The first kappa shape index (κ1) is 28.8. The number of rotatable bonds is 7. The molecule has 0 bridgehead atoms. The topological polar surface area (TPSA) is 80.3 Å². The molecule has 0 spiro atoms. The molecule has 3 aromatic carbocycles. The van der Waals surface area contributed by atoms with Crippen LogP contribution in [0.3, 0.4) is 0 Å². The lowest BCUT2D eigenvalue weighted by Gasteiger charge is -2.36. The van der Waals surface area contributed by atoms with Gasteiger partial charge in [-0.05, 0) is 42.5 Å². The molecule has 8 nitrogen and oxygen atoms in total. The van der Waals surface area contributed by atoms with E-state index in [1.807, 2.05) is 58.0 Å². The summed E-state index contributed by atoms with van der Waals surface area (Å²) in [6, 6.07) is 22.3. The van der Waals surface area contributed by atoms with Gasteiger partial charge in [-0.2, -0.15) is 13.2 Å². The molecular weight excluding hydrogens is 601 g/mol. The number of hydrogen-bond donors (Lipinski definition) is 0. The van der Waals surface area contributed by atoms with E-state index in [0.717, 1.165) is 23.4 Å². The quantitative estimate of drug-likeness (QED) is 0.183. The summed E-state index contributed by atoms with van der Waals surface area (Å²) in [6.45, 7) is 1.49. The van der Waals surface area contributed by atoms with Crippen LogP contribution >= 0.6 is 23.4 Å². The third-order valence-corrected chi connectivity index (χ3v) is 8.21. The van der Waals surface area contributed by atoms with Crippen molar-refractivity contribution in [2.75, 3.05) is 31.1 Å². The lowest BCUT2D eigenvalue weighted by atomic mass is 10.1. The third-order valence-electron chi connectivity index (χ3n) is 6.96. The zero-order chi connectivity index (χ0) is 30.0. The molecule has 3 heterocycles. The van der Waals surface area contributed by atoms with Crippen LogP contribution in [-0.4, -0.2) is 56.7 Å². The minimum Gasteiger partial charge on any atom is -0.447 e. The molecule has 43 heavy (non-hydrogen) atoms. The van der Waals surface area contributed by atoms with E-state index in [-0.39, 0.29) is 11.6 Å². The van der Waals surface area contributed by atoms with Crippen molar-refractivity contribution < 1.29 is 22.4 Å². The Balaban J connectivity index is 1.12. The molecule has 0 N–H and O–H groups in total. The number of amides is 1. The Labute approximate surface area is 254 Å². The Bertz CT molecular complexity index is 1740. The number of anilines is 1. The highest BCUT2D eigenvalue weighted by Crippen LogP contribution is 2.34. The zero-order valence-corrected chi connectivity index (χ0v) is 24.1. The van der Waals surface area contributed by atoms with E-state index in [1.165, 1.54) is 24.1 Å². The molecule has 6 rings (SSSR count). The molecular formula is C30H24ClF3N6O2S. The summed E-state index contributed by atoms with van der Waals surface area (Å²) in [4.78, 5) is 21.0. The van der Waals surface area contributed by atoms with Crippen molar-refractivity contribution in [3.63, 3.8) is 0 Å². The monoisotopic (exact) mass is 624 g/mol. The standard InChI is InChI=1S/C30H24ClF3N6O2S/c31-24-12-5-4-11-23(24)27-36-37-29(40(27)21-8-2-1-3-9-21)43-19-26-35-25(18-42-26)28(41)39-15-13-38(14-16-39)22-10-6-7-20(17-22)30(32,33)34/h1-12,17-18H,13-16,19H2. The number of nitrogens with zero attached hydrogens (tertiary/aromatic N) is 6. The van der Waals surface area contributed by atoms with Crippen LogP contribution < -0.4 is 4.90 Å². The lowest BCUT2D eigenvalue weighted by molar-refractivity contribution is -0.137. The number of benzene rings is 3. The maximum Gasteiger partial charge on any atom is 0.416 e. The first-order valence-electron chi connectivity index (χ1n) is 13.3. The molecule has 0 atom stereocenters. The van der Waals surface area contributed by atoms with Gasteiger partial charge < -0.3 is 14.2 Å². The smallest absolute Gasteiger partial charge is 0.416 e. The molecule has 0 saturated carbocycles. The summed E-state index contributed by atoms with van der Waals surface area (Å²) in [7, 11) is 0. The van der Waals surface area contributed by atoms with E-state index in [0.29, 0.717) is 59.5 Å². The van der Waals surface area contributed by atoms with Crippen LogP contribution in [0.4, 0.5) is 18.9 Å². The van der Waals surface area contributed by atoms with Crippen molar-refractivity contribution in [3.05, 3.63) is 107 Å². The second-order valence-electron chi connectivity index (χ2n) is 9.70. The van der Waals surface area contributed by atoms with E-state index >= 15 is 0 Å². The molecule has 0 unspecified atom stereocenters. The molecule has 0 radical (unpaired) electrons. The summed E-state index contributed by atoms with van der Waals surface area (Å²) < 4.78 is 46.9. The maximum absolute atomic E-state index is 13.1. The Hall–Kier alpha value is -4.29. The largest absolute Gasteiger partial charge is 0.447 e. The van der Waals surface area contributed by atoms with Crippen molar-refractivity contribution in [1.29, 1.82) is 0 Å². The first-order chi connectivity index (χ1) is 20.8. The molecule has 2 aromatic heterocycles. The average molecular weight is 625 g/mol. The molecule has 1 amide bonds. The Morgan fingerprint density at radius 2 is 1.63 bits per heavy atom. The highest BCUT2D eigenvalue weighted by molar-refractivity contribution is 7.98. The van der Waals surface area contributed by atoms with Crippen molar-refractivity contribution in [1.82, 2.24) is 24.6 Å². The van der Waals surface area contributed by atoms with E-state index < -0.39 is 11.7 Å². The summed E-state index contributed by atoms with van der Waals surface area (Å²) >= 11 is 7.82. The molecule has 0 aliphatic carbocycles. The van der Waals surface area contributed by atoms with Gasteiger partial charge in [0.1, 0.15) is 6.26 Å². The first-order valence-corrected chi connectivity index (χ1v) is 14.7. The van der Waals surface area contributed by atoms with E-state index in [1.54, 1.807) is 17.0 Å². The zero-order valence-electron chi connectivity index (χ0n) is 22.5. The molecule has 1 fully saturated rings. The summed E-state index contributed by atoms with van der Waals surface area (Å²) in [5, 5.41) is 9.95. The predicted molar refractivity (Wildman–Crippen MR) is 157 cm³/mol. The number of thioether (sulfide) groups is 1. The molecule has 1 aliphatic heterocycles. The molecule has 5 aromatic rings. The van der Waals surface area contributed by atoms with Crippen LogP contribution in [0.5, 0.6) is 0 Å². The summed E-state index contributed by atoms with van der Waals surface area (Å²) in [6.07, 6.45) is -3.08. The van der Waals surface area contributed by atoms with Crippen LogP contribution in [0.15, 0.2) is 94.7 Å². The van der Waals surface area contributed by atoms with Gasteiger partial charge in [0.15, 0.2) is 16.7 Å². The minimum atomic E-state index is -4.41. The Morgan fingerprint density at radius 3 is 2.37 bits per heavy atom. The van der Waals surface area contributed by atoms with E-state index in [4.69, 9.17) is 16.0 Å². The van der Waals surface area contributed by atoms with Crippen molar-refractivity contribution in [2.24, 2.45) is 0 Å². The van der Waals surface area contributed by atoms with Crippen molar-refractivity contribution in [3.8, 4) is 17.1 Å². The number of alkyl halides is 3. The van der Waals surface area contributed by atoms with Crippen LogP contribution in [0.1, 0.15) is 21.9 Å². The number of para-hydroxylation sites is 1. The van der Waals surface area contributed by atoms with Crippen molar-refractivity contribution >= 4 is 35.0 Å². The number of carbonyl (C=O) groups excluding carboxylic acids is 1. The highest BCUT2D eigenvalue weighted by Gasteiger charge is 2.31. The molecule has 1 aliphatic rings. The minimum absolute atomic E-state index is 0.171. The van der Waals surface area contributed by atoms with Gasteiger partial charge in [0.05, 0.1) is 16.3 Å². The fourth-order valence-corrected chi connectivity index (χ4v) is 5.83. The molecule has 1 saturated heterocycles. The van der Waals surface area contributed by atoms with E-state index in [2.05, 4.69) is 15.2 Å². The molecule has 220 valence electrons. The number of piperazine rings is 1. The number of hydrogen-bond acceptors (Lipinski definition) is 7. The van der Waals surface area contributed by atoms with Gasteiger partial charge in [-0.25, -0.2) is 4.98 Å². The predicted octanol–water partition coefficient (Wildman–Crippen LogP) is 6.85. The highest BCUT2D eigenvalue weighted by atomic mass is 35.5. The van der Waals surface area contributed by atoms with Crippen LogP contribution in [0.25, 0.3) is 17.1 Å². The second-order valence-corrected chi connectivity index (χ2v) is 11.0. The van der Waals surface area contributed by atoms with Crippen LogP contribution in [0, 0.1) is 0 Å². The van der Waals surface area contributed by atoms with Gasteiger partial charge in [0, 0.05) is 43.1 Å². The van der Waals surface area contributed by atoms with Crippen LogP contribution in [-0.2, 0) is 11.9 Å². The van der Waals surface area contributed by atoms with Gasteiger partial charge in [0.2, 0.25) is 5.89 Å². The Kier molecular flexibility index (Phi) is 8.13. The molecule has 13 heteroatoms. The van der Waals surface area contributed by atoms with Gasteiger partial charge in [-0.3, -0.25) is 9.36 Å². The lowest BCUT2D eigenvalue weighted by Crippen LogP contribution is -2.49. The number of oxazole rings is 1. The van der Waals surface area contributed by atoms with Gasteiger partial charge in [-0.1, -0.05) is 59.8 Å². The average Bonchev–Trinajstić information content (AvgIpc) is 3.68. The van der Waals surface area contributed by atoms with Gasteiger partial charge >= 0.3 is 6.18 Å². The number of carbonyl (C=O) groups is 1. The van der Waals surface area contributed by atoms with Crippen molar-refractivity contribution in [2.45, 2.75) is 17.1 Å². The fraction of sp³-hybridized carbons (Fsp3) is 0.200. The second kappa shape index (κ2) is 12.1. The SMILES string of the molecule is O=C(c1coc(CSc2nnc(-c3ccccc3Cl)n2-c2ccccc2)n1)N1CCN(c2cccc(C(F)(F)F)c2)CC1. The van der Waals surface area contributed by atoms with Gasteiger partial charge in [0.25, 0.3) is 5.91 Å².